The van der Waals surface area contributed by atoms with E-state index >= 15 is 0 Å². The van der Waals surface area contributed by atoms with E-state index in [1.807, 2.05) is 0 Å². The summed E-state index contributed by atoms with van der Waals surface area (Å²) in [5.41, 5.74) is 5.48. The van der Waals surface area contributed by atoms with Crippen molar-refractivity contribution in [3.8, 4) is 0 Å². The van der Waals surface area contributed by atoms with Crippen LogP contribution in [-0.4, -0.2) is 31.6 Å². The van der Waals surface area contributed by atoms with Crippen molar-refractivity contribution in [1.82, 2.24) is 5.32 Å². The third kappa shape index (κ3) is 4.14. The van der Waals surface area contributed by atoms with Crippen LogP contribution in [0.25, 0.3) is 0 Å². The molecule has 0 aliphatic rings. The zero-order valence-corrected chi connectivity index (χ0v) is 9.98. The van der Waals surface area contributed by atoms with Crippen LogP contribution >= 0.6 is 0 Å². The summed E-state index contributed by atoms with van der Waals surface area (Å²) in [4.78, 5) is 22.5. The number of halogens is 1. The third-order valence-electron chi connectivity index (χ3n) is 2.34. The molecule has 6 heteroatoms. The van der Waals surface area contributed by atoms with E-state index < -0.39 is 23.7 Å². The van der Waals surface area contributed by atoms with Gasteiger partial charge in [-0.25, -0.2) is 4.39 Å². The highest BCUT2D eigenvalue weighted by Crippen LogP contribution is 2.09. The molecule has 0 aliphatic carbocycles. The number of nitrogens with one attached hydrogen (secondary N) is 1. The summed E-state index contributed by atoms with van der Waals surface area (Å²) >= 11 is 0. The first-order chi connectivity index (χ1) is 8.54. The van der Waals surface area contributed by atoms with Crippen LogP contribution in [0.1, 0.15) is 5.56 Å². The van der Waals surface area contributed by atoms with E-state index in [0.29, 0.717) is 5.56 Å². The van der Waals surface area contributed by atoms with Crippen LogP contribution in [0.3, 0.4) is 0 Å². The van der Waals surface area contributed by atoms with Crippen LogP contribution in [0.2, 0.25) is 0 Å². The van der Waals surface area contributed by atoms with E-state index in [1.54, 1.807) is 12.1 Å². The zero-order valence-electron chi connectivity index (χ0n) is 9.98. The standard InChI is InChI=1S/C12H15FN2O3/c1-18-7-11(16)15-10(12(14)17)6-8-4-2-3-5-9(8)13/h2-5,10H,6-7H2,1H3,(H2,14,17)(H,15,16)/t10-/m0/s1. The molecule has 0 aliphatic heterocycles. The molecule has 1 atom stereocenters. The molecular weight excluding hydrogens is 239 g/mol. The minimum Gasteiger partial charge on any atom is -0.375 e. The van der Waals surface area contributed by atoms with Crippen molar-refractivity contribution in [2.45, 2.75) is 12.5 Å². The lowest BCUT2D eigenvalue weighted by molar-refractivity contribution is -0.129. The van der Waals surface area contributed by atoms with Gasteiger partial charge in [0.05, 0.1) is 0 Å². The molecular formula is C12H15FN2O3. The number of ether oxygens (including phenoxy) is 1. The van der Waals surface area contributed by atoms with Gasteiger partial charge >= 0.3 is 0 Å². The van der Waals surface area contributed by atoms with Gasteiger partial charge in [-0.05, 0) is 11.6 Å². The van der Waals surface area contributed by atoms with Gasteiger partial charge in [0, 0.05) is 13.5 Å². The smallest absolute Gasteiger partial charge is 0.246 e. The maximum absolute atomic E-state index is 13.4. The largest absolute Gasteiger partial charge is 0.375 e. The Morgan fingerprint density at radius 1 is 1.44 bits per heavy atom. The molecule has 98 valence electrons. The molecule has 0 fully saturated rings. The number of amides is 2. The van der Waals surface area contributed by atoms with Crippen molar-refractivity contribution in [2.24, 2.45) is 5.73 Å². The summed E-state index contributed by atoms with van der Waals surface area (Å²) < 4.78 is 18.0. The van der Waals surface area contributed by atoms with Gasteiger partial charge in [-0.15, -0.1) is 0 Å². The van der Waals surface area contributed by atoms with Crippen LogP contribution < -0.4 is 11.1 Å². The van der Waals surface area contributed by atoms with Crippen LogP contribution in [0.15, 0.2) is 24.3 Å². The van der Waals surface area contributed by atoms with Crippen molar-refractivity contribution in [3.05, 3.63) is 35.6 Å². The topological polar surface area (TPSA) is 81.4 Å². The fourth-order valence-corrected chi connectivity index (χ4v) is 1.47. The minimum atomic E-state index is -0.954. The van der Waals surface area contributed by atoms with Gasteiger partial charge in [0.2, 0.25) is 11.8 Å². The van der Waals surface area contributed by atoms with E-state index in [9.17, 15) is 14.0 Å². The molecule has 0 saturated carbocycles. The number of benzene rings is 1. The van der Waals surface area contributed by atoms with Crippen molar-refractivity contribution in [2.75, 3.05) is 13.7 Å². The number of primary amides is 1. The van der Waals surface area contributed by atoms with E-state index in [0.717, 1.165) is 0 Å². The maximum Gasteiger partial charge on any atom is 0.246 e. The van der Waals surface area contributed by atoms with Crippen LogP contribution in [0, 0.1) is 5.82 Å². The Bertz CT molecular complexity index is 437. The highest BCUT2D eigenvalue weighted by Gasteiger charge is 2.19. The molecule has 0 bridgehead atoms. The number of rotatable bonds is 6. The number of methoxy groups -OCH3 is 1. The SMILES string of the molecule is COCC(=O)N[C@@H](Cc1ccccc1F)C(N)=O. The first kappa shape index (κ1) is 14.1. The summed E-state index contributed by atoms with van der Waals surface area (Å²) in [6, 6.07) is 5.05. The van der Waals surface area contributed by atoms with E-state index in [-0.39, 0.29) is 13.0 Å². The molecule has 3 N–H and O–H groups in total. The van der Waals surface area contributed by atoms with Crippen molar-refractivity contribution < 1.29 is 18.7 Å². The molecule has 0 saturated heterocycles. The molecule has 0 unspecified atom stereocenters. The average Bonchev–Trinajstić information content (AvgIpc) is 2.31. The van der Waals surface area contributed by atoms with Crippen LogP contribution in [0.5, 0.6) is 0 Å². The summed E-state index contributed by atoms with van der Waals surface area (Å²) in [6.45, 7) is -0.180. The summed E-state index contributed by atoms with van der Waals surface area (Å²) in [5.74, 6) is -1.63. The first-order valence-electron chi connectivity index (χ1n) is 5.35. The molecule has 1 rings (SSSR count). The third-order valence-corrected chi connectivity index (χ3v) is 2.34. The highest BCUT2D eigenvalue weighted by molar-refractivity contribution is 5.87. The Labute approximate surface area is 104 Å². The summed E-state index contributed by atoms with van der Waals surface area (Å²) in [5, 5.41) is 2.39. The number of carbonyl (C=O) groups is 2. The molecule has 0 heterocycles. The van der Waals surface area contributed by atoms with E-state index in [2.05, 4.69) is 10.1 Å². The predicted octanol–water partition coefficient (Wildman–Crippen LogP) is -0.0153. The molecule has 18 heavy (non-hydrogen) atoms. The molecule has 0 spiro atoms. The van der Waals surface area contributed by atoms with Gasteiger partial charge < -0.3 is 15.8 Å². The van der Waals surface area contributed by atoms with Crippen molar-refractivity contribution in [3.63, 3.8) is 0 Å². The highest BCUT2D eigenvalue weighted by atomic mass is 19.1. The molecule has 5 nitrogen and oxygen atoms in total. The fourth-order valence-electron chi connectivity index (χ4n) is 1.47. The Kier molecular flexibility index (Phi) is 5.26. The molecule has 1 aromatic carbocycles. The zero-order chi connectivity index (χ0) is 13.5. The molecule has 1 aromatic rings. The van der Waals surface area contributed by atoms with Gasteiger partial charge in [-0.2, -0.15) is 0 Å². The van der Waals surface area contributed by atoms with Crippen LogP contribution in [0.4, 0.5) is 4.39 Å². The lowest BCUT2D eigenvalue weighted by Crippen LogP contribution is -2.47. The normalized spacial score (nSPS) is 11.9. The number of hydrogen-bond acceptors (Lipinski definition) is 3. The van der Waals surface area contributed by atoms with Crippen molar-refractivity contribution in [1.29, 1.82) is 0 Å². The first-order valence-corrected chi connectivity index (χ1v) is 5.35. The second-order valence-corrected chi connectivity index (χ2v) is 3.75. The molecule has 2 amide bonds. The number of hydrogen-bond donors (Lipinski definition) is 2. The Hall–Kier alpha value is -1.95. The van der Waals surface area contributed by atoms with Gasteiger partial charge in [0.1, 0.15) is 18.5 Å². The van der Waals surface area contributed by atoms with Crippen LogP contribution in [-0.2, 0) is 20.7 Å². The number of nitrogens with two attached hydrogens (primary N) is 1. The van der Waals surface area contributed by atoms with E-state index in [1.165, 1.54) is 19.2 Å². The van der Waals surface area contributed by atoms with Gasteiger partial charge in [-0.1, -0.05) is 18.2 Å². The van der Waals surface area contributed by atoms with Gasteiger partial charge in [-0.3, -0.25) is 9.59 Å². The van der Waals surface area contributed by atoms with Gasteiger partial charge in [0.15, 0.2) is 0 Å². The lowest BCUT2D eigenvalue weighted by atomic mass is 10.0. The summed E-state index contributed by atoms with van der Waals surface area (Å²) in [6.07, 6.45) is 0.0114. The lowest BCUT2D eigenvalue weighted by Gasteiger charge is -2.15. The second kappa shape index (κ2) is 6.70. The predicted molar refractivity (Wildman–Crippen MR) is 63.1 cm³/mol. The maximum atomic E-state index is 13.4. The Morgan fingerprint density at radius 3 is 2.67 bits per heavy atom. The number of carbonyl (C=O) groups excluding carboxylic acids is 2. The quantitative estimate of drug-likeness (QED) is 0.748. The summed E-state index contributed by atoms with van der Waals surface area (Å²) in [7, 11) is 1.36. The van der Waals surface area contributed by atoms with E-state index in [4.69, 9.17) is 5.73 Å². The molecule has 0 radical (unpaired) electrons. The minimum absolute atomic E-state index is 0.0114. The molecule has 0 aromatic heterocycles. The fraction of sp³-hybridized carbons (Fsp3) is 0.333. The van der Waals surface area contributed by atoms with Gasteiger partial charge in [0.25, 0.3) is 0 Å². The second-order valence-electron chi connectivity index (χ2n) is 3.75. The average molecular weight is 254 g/mol. The Morgan fingerprint density at radius 2 is 2.11 bits per heavy atom. The monoisotopic (exact) mass is 254 g/mol. The van der Waals surface area contributed by atoms with Crippen molar-refractivity contribution >= 4 is 11.8 Å². The Balaban J connectivity index is 2.72.